The third-order valence-electron chi connectivity index (χ3n) is 9.56. The summed E-state index contributed by atoms with van der Waals surface area (Å²) in [7, 11) is 1.84. The summed E-state index contributed by atoms with van der Waals surface area (Å²) in [5, 5.41) is 12.0. The highest BCUT2D eigenvalue weighted by atomic mass is 16.6. The van der Waals surface area contributed by atoms with Gasteiger partial charge in [-0.3, -0.25) is 19.0 Å². The molecule has 3 aliphatic rings. The minimum absolute atomic E-state index is 0.0434. The highest BCUT2D eigenvalue weighted by Crippen LogP contribution is 2.37. The van der Waals surface area contributed by atoms with Crippen molar-refractivity contribution >= 4 is 22.8 Å². The Hall–Kier alpha value is -4.64. The van der Waals surface area contributed by atoms with E-state index in [4.69, 9.17) is 9.47 Å². The van der Waals surface area contributed by atoms with Crippen LogP contribution < -0.4 is 15.0 Å². The maximum absolute atomic E-state index is 14.1. The predicted octanol–water partition coefficient (Wildman–Crippen LogP) is 2.81. The number of benzene rings is 2. The predicted molar refractivity (Wildman–Crippen MR) is 166 cm³/mol. The number of piperidine rings is 2. The van der Waals surface area contributed by atoms with E-state index in [0.717, 1.165) is 5.56 Å². The summed E-state index contributed by atoms with van der Waals surface area (Å²) in [6.07, 6.45) is 4.53. The molecule has 0 bridgehead atoms. The van der Waals surface area contributed by atoms with Crippen molar-refractivity contribution in [2.75, 3.05) is 39.4 Å². The number of rotatable bonds is 5. The van der Waals surface area contributed by atoms with Gasteiger partial charge in [0.25, 0.3) is 11.5 Å². The van der Waals surface area contributed by atoms with Crippen molar-refractivity contribution in [3.8, 4) is 11.5 Å². The summed E-state index contributed by atoms with van der Waals surface area (Å²) in [4.78, 5) is 48.8. The van der Waals surface area contributed by atoms with Gasteiger partial charge in [-0.15, -0.1) is 0 Å². The number of aliphatic hydroxyl groups is 1. The lowest BCUT2D eigenvalue weighted by atomic mass is 9.79. The summed E-state index contributed by atoms with van der Waals surface area (Å²) < 4.78 is 14.6. The normalized spacial score (nSPS) is 21.1. The van der Waals surface area contributed by atoms with Crippen molar-refractivity contribution < 1.29 is 24.2 Å². The first-order valence-corrected chi connectivity index (χ1v) is 15.6. The fourth-order valence-electron chi connectivity index (χ4n) is 6.98. The number of ether oxygens (including phenoxy) is 2. The van der Waals surface area contributed by atoms with E-state index < -0.39 is 5.60 Å². The number of hydrogen-bond acceptors (Lipinski definition) is 7. The number of fused-ring (bicyclic) bond motifs is 2. The lowest BCUT2D eigenvalue weighted by Gasteiger charge is -2.43. The molecule has 45 heavy (non-hydrogen) atoms. The van der Waals surface area contributed by atoms with Crippen LogP contribution in [-0.2, 0) is 18.4 Å². The summed E-state index contributed by atoms with van der Waals surface area (Å²) >= 11 is 0. The van der Waals surface area contributed by atoms with Crippen molar-refractivity contribution in [3.05, 3.63) is 88.6 Å². The molecule has 1 N–H and O–H groups in total. The van der Waals surface area contributed by atoms with E-state index >= 15 is 0 Å². The van der Waals surface area contributed by atoms with Gasteiger partial charge in [0.05, 0.1) is 17.5 Å². The number of hydrogen-bond donors (Lipinski definition) is 1. The van der Waals surface area contributed by atoms with Crippen LogP contribution in [0.1, 0.15) is 41.1 Å². The molecule has 0 aliphatic carbocycles. The highest BCUT2D eigenvalue weighted by molar-refractivity contribution is 5.95. The van der Waals surface area contributed by atoms with Crippen molar-refractivity contribution in [1.29, 1.82) is 0 Å². The minimum atomic E-state index is -1.12. The molecular formula is C34H37N5O6. The van der Waals surface area contributed by atoms with Gasteiger partial charge in [-0.2, -0.15) is 0 Å². The van der Waals surface area contributed by atoms with Gasteiger partial charge in [0.2, 0.25) is 5.91 Å². The molecule has 234 valence electrons. The molecule has 0 unspecified atom stereocenters. The second kappa shape index (κ2) is 11.7. The topological polar surface area (TPSA) is 119 Å². The Kier molecular flexibility index (Phi) is 7.56. The smallest absolute Gasteiger partial charge is 0.262 e. The van der Waals surface area contributed by atoms with Crippen LogP contribution in [-0.4, -0.2) is 85.8 Å². The first kappa shape index (κ1) is 29.1. The zero-order chi connectivity index (χ0) is 31.1. The number of likely N-dealkylation sites (tertiary alicyclic amines) is 2. The third kappa shape index (κ3) is 5.56. The number of carbonyl (C=O) groups excluding carboxylic acids is 2. The number of aryl methyl sites for hydroxylation is 1. The Labute approximate surface area is 260 Å². The summed E-state index contributed by atoms with van der Waals surface area (Å²) in [5.74, 6) is 0.691. The van der Waals surface area contributed by atoms with Crippen LogP contribution in [0.25, 0.3) is 11.0 Å². The summed E-state index contributed by atoms with van der Waals surface area (Å²) in [6, 6.07) is 16.9. The van der Waals surface area contributed by atoms with Crippen molar-refractivity contribution in [2.45, 2.75) is 37.3 Å². The molecule has 11 heteroatoms. The Bertz CT molecular complexity index is 1790. The van der Waals surface area contributed by atoms with Crippen LogP contribution in [0.4, 0.5) is 0 Å². The maximum atomic E-state index is 14.1. The van der Waals surface area contributed by atoms with Crippen molar-refractivity contribution in [2.24, 2.45) is 13.0 Å². The van der Waals surface area contributed by atoms with Crippen molar-refractivity contribution in [1.82, 2.24) is 23.9 Å². The van der Waals surface area contributed by atoms with Gasteiger partial charge < -0.3 is 28.9 Å². The first-order valence-electron chi connectivity index (χ1n) is 15.6. The first-order chi connectivity index (χ1) is 21.8. The Balaban J connectivity index is 1.04. The molecule has 3 aliphatic heterocycles. The van der Waals surface area contributed by atoms with E-state index in [1.165, 1.54) is 10.9 Å². The van der Waals surface area contributed by atoms with Gasteiger partial charge >= 0.3 is 0 Å². The van der Waals surface area contributed by atoms with Gasteiger partial charge in [0, 0.05) is 56.8 Å². The van der Waals surface area contributed by atoms with Crippen LogP contribution in [0.2, 0.25) is 0 Å². The molecule has 5 heterocycles. The zero-order valence-electron chi connectivity index (χ0n) is 25.3. The van der Waals surface area contributed by atoms with Gasteiger partial charge in [0.15, 0.2) is 11.5 Å². The Morgan fingerprint density at radius 1 is 0.978 bits per heavy atom. The van der Waals surface area contributed by atoms with E-state index in [-0.39, 0.29) is 35.8 Å². The van der Waals surface area contributed by atoms with E-state index in [1.807, 2.05) is 47.2 Å². The maximum Gasteiger partial charge on any atom is 0.262 e. The SMILES string of the molecule is Cn1ccc2c(=O)n(CC3(O)CCN(C(=O)[C@@H]4CCN(C(=O)c5ccc6c(c5)OCCO6)C[C@H]4c4ccccc4)CC3)cnc21. The molecule has 0 saturated carbocycles. The molecule has 2 atom stereocenters. The third-order valence-corrected chi connectivity index (χ3v) is 9.56. The fraction of sp³-hybridized carbons (Fsp3) is 0.412. The van der Waals surface area contributed by atoms with E-state index in [2.05, 4.69) is 4.98 Å². The molecule has 11 nitrogen and oxygen atoms in total. The lowest BCUT2D eigenvalue weighted by Crippen LogP contribution is -2.53. The molecule has 2 aromatic heterocycles. The molecule has 2 saturated heterocycles. The van der Waals surface area contributed by atoms with Gasteiger partial charge in [-0.25, -0.2) is 4.98 Å². The van der Waals surface area contributed by atoms with Crippen LogP contribution in [0.15, 0.2) is 71.9 Å². The molecule has 2 aromatic carbocycles. The average Bonchev–Trinajstić information content (AvgIpc) is 3.46. The van der Waals surface area contributed by atoms with Crippen molar-refractivity contribution in [3.63, 3.8) is 0 Å². The zero-order valence-corrected chi connectivity index (χ0v) is 25.3. The van der Waals surface area contributed by atoms with Gasteiger partial charge in [0.1, 0.15) is 25.2 Å². The molecule has 7 rings (SSSR count). The van der Waals surface area contributed by atoms with Gasteiger partial charge in [-0.05, 0) is 49.1 Å². The molecule has 4 aromatic rings. The van der Waals surface area contributed by atoms with Crippen LogP contribution in [0, 0.1) is 5.92 Å². The van der Waals surface area contributed by atoms with Crippen LogP contribution >= 0.6 is 0 Å². The number of carbonyl (C=O) groups is 2. The molecular weight excluding hydrogens is 574 g/mol. The minimum Gasteiger partial charge on any atom is -0.486 e. The Morgan fingerprint density at radius 2 is 1.73 bits per heavy atom. The molecule has 0 radical (unpaired) electrons. The highest BCUT2D eigenvalue weighted by Gasteiger charge is 2.42. The molecule has 2 fully saturated rings. The van der Waals surface area contributed by atoms with Crippen LogP contribution in [0.3, 0.4) is 0 Å². The Morgan fingerprint density at radius 3 is 2.51 bits per heavy atom. The molecule has 2 amide bonds. The standard InChI is InChI=1S/C34H37N5O6/c1-36-13-9-26-30(36)35-22-39(33(26)42)21-34(43)11-15-37(16-12-34)32(41)25-10-14-38(20-27(25)23-5-3-2-4-6-23)31(40)24-7-8-28-29(19-24)45-18-17-44-28/h2-9,13,19,22,25,27,43H,10-12,14-18,20-21H2,1H3/t25-,27+/m1/s1. The number of nitrogens with zero attached hydrogens (tertiary/aromatic N) is 5. The lowest BCUT2D eigenvalue weighted by molar-refractivity contribution is -0.142. The molecule has 0 spiro atoms. The largest absolute Gasteiger partial charge is 0.486 e. The number of aromatic nitrogens is 3. The number of amides is 2. The summed E-state index contributed by atoms with van der Waals surface area (Å²) in [5.41, 5.74) is 0.855. The van der Waals surface area contributed by atoms with E-state index in [1.54, 1.807) is 35.0 Å². The fourth-order valence-corrected chi connectivity index (χ4v) is 6.98. The van der Waals surface area contributed by atoms with Crippen LogP contribution in [0.5, 0.6) is 11.5 Å². The average molecular weight is 612 g/mol. The second-order valence-corrected chi connectivity index (χ2v) is 12.4. The summed E-state index contributed by atoms with van der Waals surface area (Å²) in [6.45, 7) is 2.72. The van der Waals surface area contributed by atoms with Gasteiger partial charge in [-0.1, -0.05) is 30.3 Å². The quantitative estimate of drug-likeness (QED) is 0.369. The van der Waals surface area contributed by atoms with E-state index in [0.29, 0.717) is 86.8 Å². The monoisotopic (exact) mass is 611 g/mol. The van der Waals surface area contributed by atoms with E-state index in [9.17, 15) is 19.5 Å². The second-order valence-electron chi connectivity index (χ2n) is 12.4.